The zero-order chi connectivity index (χ0) is 11.4. The van der Waals surface area contributed by atoms with E-state index in [1.807, 2.05) is 0 Å². The molecule has 0 saturated carbocycles. The van der Waals surface area contributed by atoms with Crippen LogP contribution in [0.15, 0.2) is 23.4 Å². The van der Waals surface area contributed by atoms with Crippen LogP contribution in [-0.2, 0) is 4.79 Å². The lowest BCUT2D eigenvalue weighted by atomic mass is 10.4. The highest BCUT2D eigenvalue weighted by Crippen LogP contribution is 2.03. The van der Waals surface area contributed by atoms with Gasteiger partial charge in [-0.2, -0.15) is 9.83 Å². The van der Waals surface area contributed by atoms with Crippen LogP contribution in [0.25, 0.3) is 0 Å². The minimum absolute atomic E-state index is 0.139. The molecule has 0 fully saturated rings. The molecule has 0 aliphatic rings. The highest BCUT2D eigenvalue weighted by molar-refractivity contribution is 5.72. The molecule has 0 aromatic carbocycles. The maximum absolute atomic E-state index is 10.5. The number of carbonyl (C=O) groups excluding carboxylic acids is 1. The molecular weight excluding hydrogens is 204 g/mol. The van der Waals surface area contributed by atoms with Gasteiger partial charge in [0.05, 0.1) is 17.2 Å². The number of amides is 1. The fourth-order valence-corrected chi connectivity index (χ4v) is 0.803. The molecule has 0 unspecified atom stereocenters. The van der Waals surface area contributed by atoms with E-state index in [-0.39, 0.29) is 11.2 Å². The first-order valence-electron chi connectivity index (χ1n) is 3.87. The van der Waals surface area contributed by atoms with Crippen LogP contribution in [0, 0.1) is 10.1 Å². The summed E-state index contributed by atoms with van der Waals surface area (Å²) in [7, 11) is 0. The minimum Gasteiger partial charge on any atom is -0.427 e. The summed E-state index contributed by atoms with van der Waals surface area (Å²) in [6, 6.07) is 2.13. The van der Waals surface area contributed by atoms with Gasteiger partial charge >= 0.3 is 0 Å². The largest absolute Gasteiger partial charge is 0.427 e. The molecule has 2 N–H and O–H groups in total. The lowest BCUT2D eigenvalue weighted by Crippen LogP contribution is -2.24. The van der Waals surface area contributed by atoms with Crippen molar-refractivity contribution < 1.29 is 14.9 Å². The molecule has 0 bridgehead atoms. The summed E-state index contributed by atoms with van der Waals surface area (Å²) >= 11 is 0. The van der Waals surface area contributed by atoms with Gasteiger partial charge in [0, 0.05) is 13.0 Å². The number of carbonyl (C=O) groups is 1. The summed E-state index contributed by atoms with van der Waals surface area (Å²) in [5, 5.41) is 23.0. The van der Waals surface area contributed by atoms with Gasteiger partial charge in [0.15, 0.2) is 5.49 Å². The number of hydrogen-bond donors (Lipinski definition) is 2. The van der Waals surface area contributed by atoms with Gasteiger partial charge in [0.25, 0.3) is 5.69 Å². The van der Waals surface area contributed by atoms with Crippen LogP contribution in [-0.4, -0.2) is 20.8 Å². The summed E-state index contributed by atoms with van der Waals surface area (Å²) in [5.41, 5.74) is 1.68. The van der Waals surface area contributed by atoms with Crippen molar-refractivity contribution >= 4 is 11.6 Å². The van der Waals surface area contributed by atoms with Gasteiger partial charge in [-0.3, -0.25) is 14.9 Å². The van der Waals surface area contributed by atoms with Gasteiger partial charge in [0.2, 0.25) is 5.91 Å². The predicted octanol–water partition coefficient (Wildman–Crippen LogP) is -0.415. The smallest absolute Gasteiger partial charge is 0.274 e. The molecule has 0 atom stereocenters. The molecule has 8 nitrogen and oxygen atoms in total. The lowest BCUT2D eigenvalue weighted by molar-refractivity contribution is -0.385. The first-order valence-corrected chi connectivity index (χ1v) is 3.87. The summed E-state index contributed by atoms with van der Waals surface area (Å²) in [5.74, 6) is -0.443. The van der Waals surface area contributed by atoms with E-state index in [0.717, 1.165) is 18.3 Å². The van der Waals surface area contributed by atoms with Crippen molar-refractivity contribution in [2.45, 2.75) is 6.92 Å². The van der Waals surface area contributed by atoms with Gasteiger partial charge in [-0.15, -0.1) is 0 Å². The Morgan fingerprint density at radius 1 is 1.73 bits per heavy atom. The van der Waals surface area contributed by atoms with Crippen LogP contribution in [0.4, 0.5) is 5.69 Å². The monoisotopic (exact) mass is 212 g/mol. The van der Waals surface area contributed by atoms with E-state index >= 15 is 0 Å². The molecule has 0 saturated heterocycles. The Labute approximate surface area is 83.6 Å². The van der Waals surface area contributed by atoms with E-state index in [2.05, 4.69) is 10.5 Å². The number of hydrogen-bond acceptors (Lipinski definition) is 5. The Balaban J connectivity index is 3.16. The van der Waals surface area contributed by atoms with Crippen LogP contribution in [0.3, 0.4) is 0 Å². The third-order valence-corrected chi connectivity index (χ3v) is 1.44. The van der Waals surface area contributed by atoms with Crippen molar-refractivity contribution in [3.63, 3.8) is 0 Å². The summed E-state index contributed by atoms with van der Waals surface area (Å²) in [6.45, 7) is 1.22. The van der Waals surface area contributed by atoms with Crippen LogP contribution in [0.5, 0.6) is 0 Å². The number of pyridine rings is 1. The number of nitrogens with one attached hydrogen (secondary N) is 1. The van der Waals surface area contributed by atoms with Crippen molar-refractivity contribution in [2.75, 3.05) is 0 Å². The summed E-state index contributed by atoms with van der Waals surface area (Å²) in [4.78, 5) is 20.3. The Kier molecular flexibility index (Phi) is 3.01. The van der Waals surface area contributed by atoms with Crippen LogP contribution in [0.1, 0.15) is 6.92 Å². The molecular formula is C7H8N4O4. The fourth-order valence-electron chi connectivity index (χ4n) is 0.803. The van der Waals surface area contributed by atoms with E-state index in [4.69, 9.17) is 0 Å². The number of aromatic nitrogens is 1. The quantitative estimate of drug-likeness (QED) is 0.394. The normalized spacial score (nSPS) is 11.1. The van der Waals surface area contributed by atoms with E-state index in [9.17, 15) is 20.1 Å². The van der Waals surface area contributed by atoms with Crippen molar-refractivity contribution in [1.82, 2.24) is 10.2 Å². The van der Waals surface area contributed by atoms with E-state index in [1.54, 1.807) is 0 Å². The van der Waals surface area contributed by atoms with Crippen LogP contribution >= 0.6 is 0 Å². The third kappa shape index (κ3) is 2.79. The van der Waals surface area contributed by atoms with Gasteiger partial charge in [-0.25, -0.2) is 5.43 Å². The lowest BCUT2D eigenvalue weighted by Gasteiger charge is -1.98. The molecule has 0 aliphatic carbocycles. The van der Waals surface area contributed by atoms with Crippen molar-refractivity contribution in [1.29, 1.82) is 0 Å². The van der Waals surface area contributed by atoms with Crippen molar-refractivity contribution in [3.8, 4) is 0 Å². The Hall–Kier alpha value is -2.38. The zero-order valence-electron chi connectivity index (χ0n) is 7.75. The summed E-state index contributed by atoms with van der Waals surface area (Å²) < 4.78 is 0.558. The Morgan fingerprint density at radius 2 is 2.40 bits per heavy atom. The maximum Gasteiger partial charge on any atom is 0.274 e. The zero-order valence-corrected chi connectivity index (χ0v) is 7.75. The number of nitrogens with zero attached hydrogens (tertiary/aromatic N) is 3. The Bertz CT molecular complexity index is 464. The molecule has 1 aromatic rings. The topological polar surface area (TPSA) is 110 Å². The van der Waals surface area contributed by atoms with E-state index in [0.29, 0.717) is 4.73 Å². The van der Waals surface area contributed by atoms with E-state index in [1.165, 1.54) is 6.92 Å². The van der Waals surface area contributed by atoms with Crippen LogP contribution in [0.2, 0.25) is 0 Å². The molecule has 0 spiro atoms. The molecule has 15 heavy (non-hydrogen) atoms. The second-order valence-corrected chi connectivity index (χ2v) is 2.62. The molecule has 0 aliphatic heterocycles. The van der Waals surface area contributed by atoms with E-state index < -0.39 is 10.8 Å². The minimum atomic E-state index is -0.632. The van der Waals surface area contributed by atoms with Crippen LogP contribution < -0.4 is 10.9 Å². The molecule has 1 heterocycles. The first-order chi connectivity index (χ1) is 7.00. The van der Waals surface area contributed by atoms with Crippen molar-refractivity contribution in [2.24, 2.45) is 5.10 Å². The average Bonchev–Trinajstić information content (AvgIpc) is 2.16. The number of nitro groups is 1. The molecule has 0 radical (unpaired) electrons. The Morgan fingerprint density at radius 3 is 2.93 bits per heavy atom. The molecule has 1 rings (SSSR count). The van der Waals surface area contributed by atoms with Gasteiger partial charge in [-0.1, -0.05) is 0 Å². The second kappa shape index (κ2) is 4.22. The fraction of sp³-hybridized carbons (Fsp3) is 0.143. The second-order valence-electron chi connectivity index (χ2n) is 2.62. The molecule has 1 amide bonds. The summed E-state index contributed by atoms with van der Waals surface area (Å²) in [6.07, 6.45) is 1.05. The van der Waals surface area contributed by atoms with Gasteiger partial charge in [-0.05, 0) is 0 Å². The number of rotatable bonds is 2. The van der Waals surface area contributed by atoms with Gasteiger partial charge in [0.1, 0.15) is 0 Å². The standard InChI is InChI=1S/C7H8N4O4/c1-5(12)8-9-7-4-6(11(14)15)2-3-10(7)13/h2-4,13H,1H3,(H,8,12)/b9-7+. The van der Waals surface area contributed by atoms with Crippen molar-refractivity contribution in [3.05, 3.63) is 33.9 Å². The SMILES string of the molecule is CC(=O)N/N=c1\cc([N+](=O)[O-])ccn1O. The van der Waals surface area contributed by atoms with Gasteiger partial charge < -0.3 is 5.21 Å². The first kappa shape index (κ1) is 10.7. The third-order valence-electron chi connectivity index (χ3n) is 1.44. The maximum atomic E-state index is 10.5. The molecule has 1 aromatic heterocycles. The highest BCUT2D eigenvalue weighted by atomic mass is 16.6. The predicted molar refractivity (Wildman–Crippen MR) is 47.7 cm³/mol. The molecule has 80 valence electrons. The average molecular weight is 212 g/mol. The molecule has 8 heteroatoms. The highest BCUT2D eigenvalue weighted by Gasteiger charge is 2.05.